The van der Waals surface area contributed by atoms with Crippen molar-refractivity contribution in [1.29, 1.82) is 0 Å². The summed E-state index contributed by atoms with van der Waals surface area (Å²) in [6.45, 7) is 3.88. The first-order valence-corrected chi connectivity index (χ1v) is 11.3. The van der Waals surface area contributed by atoms with Gasteiger partial charge in [-0.05, 0) is 61.7 Å². The second-order valence-corrected chi connectivity index (χ2v) is 8.69. The molecule has 0 spiro atoms. The van der Waals surface area contributed by atoms with Crippen molar-refractivity contribution in [2.24, 2.45) is 0 Å². The molecule has 8 heteroatoms. The molecule has 1 aliphatic rings. The number of methoxy groups -OCH3 is 1. The number of anilines is 2. The van der Waals surface area contributed by atoms with Gasteiger partial charge in [-0.25, -0.2) is 13.1 Å². The van der Waals surface area contributed by atoms with E-state index >= 15 is 0 Å². The third kappa shape index (κ3) is 5.07. The molecule has 0 atom stereocenters. The maximum Gasteiger partial charge on any atom is 0.255 e. The van der Waals surface area contributed by atoms with Crippen molar-refractivity contribution in [3.05, 3.63) is 48.0 Å². The van der Waals surface area contributed by atoms with Gasteiger partial charge in [0.05, 0.1) is 12.8 Å². The first-order valence-electron chi connectivity index (χ1n) is 9.78. The van der Waals surface area contributed by atoms with Crippen LogP contribution in [0.3, 0.4) is 0 Å². The third-order valence-electron chi connectivity index (χ3n) is 4.85. The molecule has 156 valence electrons. The molecule has 0 bridgehead atoms. The lowest BCUT2D eigenvalue weighted by Crippen LogP contribution is -2.28. The predicted octanol–water partition coefficient (Wildman–Crippen LogP) is 3.24. The number of benzene rings is 2. The Morgan fingerprint density at radius 1 is 1.10 bits per heavy atom. The molecule has 2 N–H and O–H groups in total. The summed E-state index contributed by atoms with van der Waals surface area (Å²) in [7, 11) is -2.14. The zero-order valence-corrected chi connectivity index (χ0v) is 17.6. The lowest BCUT2D eigenvalue weighted by molar-refractivity contribution is 0.102. The molecule has 1 aliphatic heterocycles. The van der Waals surface area contributed by atoms with Gasteiger partial charge in [-0.2, -0.15) is 0 Å². The topological polar surface area (TPSA) is 87.7 Å². The van der Waals surface area contributed by atoms with Crippen molar-refractivity contribution in [3.63, 3.8) is 0 Å². The highest BCUT2D eigenvalue weighted by Gasteiger charge is 2.25. The van der Waals surface area contributed by atoms with Crippen LogP contribution < -0.4 is 19.7 Å². The molecule has 1 fully saturated rings. The van der Waals surface area contributed by atoms with Gasteiger partial charge in [-0.15, -0.1) is 0 Å². The number of ether oxygens (including phenoxy) is 1. The number of hydrogen-bond donors (Lipinski definition) is 2. The zero-order valence-electron chi connectivity index (χ0n) is 16.8. The van der Waals surface area contributed by atoms with E-state index in [-0.39, 0.29) is 10.8 Å². The highest BCUT2D eigenvalue weighted by atomic mass is 32.2. The number of hydrogen-bond acceptors (Lipinski definition) is 5. The smallest absolute Gasteiger partial charge is 0.255 e. The highest BCUT2D eigenvalue weighted by Crippen LogP contribution is 2.29. The summed E-state index contributed by atoms with van der Waals surface area (Å²) in [5.74, 6) is 0.323. The SMILES string of the molecule is CCCNS(=O)(=O)c1cc(C(=O)Nc2ccc(OC)cc2)ccc1N1CCCC1. The third-order valence-corrected chi connectivity index (χ3v) is 6.34. The van der Waals surface area contributed by atoms with Crippen LogP contribution in [-0.2, 0) is 10.0 Å². The van der Waals surface area contributed by atoms with Crippen LogP contribution in [0.15, 0.2) is 47.4 Å². The standard InChI is InChI=1S/C21H27N3O4S/c1-3-12-22-29(26,27)20-15-16(6-11-19(20)24-13-4-5-14-24)21(25)23-17-7-9-18(28-2)10-8-17/h6-11,15,22H,3-5,12-14H2,1-2H3,(H,23,25). The average molecular weight is 418 g/mol. The Labute approximate surface area is 172 Å². The van der Waals surface area contributed by atoms with Crippen molar-refractivity contribution in [2.75, 3.05) is 37.0 Å². The van der Waals surface area contributed by atoms with E-state index in [9.17, 15) is 13.2 Å². The van der Waals surface area contributed by atoms with Gasteiger partial charge >= 0.3 is 0 Å². The van der Waals surface area contributed by atoms with E-state index in [4.69, 9.17) is 4.74 Å². The van der Waals surface area contributed by atoms with Crippen molar-refractivity contribution in [3.8, 4) is 5.75 Å². The van der Waals surface area contributed by atoms with Gasteiger partial charge in [0.2, 0.25) is 10.0 Å². The number of carbonyl (C=O) groups is 1. The van der Waals surface area contributed by atoms with Crippen LogP contribution in [0.5, 0.6) is 5.75 Å². The minimum absolute atomic E-state index is 0.148. The monoisotopic (exact) mass is 417 g/mol. The van der Waals surface area contributed by atoms with Gasteiger partial charge in [-0.1, -0.05) is 6.92 Å². The molecule has 1 saturated heterocycles. The Morgan fingerprint density at radius 2 is 1.79 bits per heavy atom. The highest BCUT2D eigenvalue weighted by molar-refractivity contribution is 7.89. The molecule has 0 radical (unpaired) electrons. The van der Waals surface area contributed by atoms with E-state index < -0.39 is 10.0 Å². The molecular formula is C21H27N3O4S. The quantitative estimate of drug-likeness (QED) is 0.689. The van der Waals surface area contributed by atoms with Gasteiger partial charge < -0.3 is 15.0 Å². The Balaban J connectivity index is 1.90. The molecule has 2 aromatic carbocycles. The van der Waals surface area contributed by atoms with Crippen LogP contribution in [0.25, 0.3) is 0 Å². The summed E-state index contributed by atoms with van der Waals surface area (Å²) in [5.41, 5.74) is 1.54. The summed E-state index contributed by atoms with van der Waals surface area (Å²) in [4.78, 5) is 14.9. The second-order valence-electron chi connectivity index (χ2n) is 6.96. The normalized spacial score (nSPS) is 14.1. The molecular weight excluding hydrogens is 390 g/mol. The number of rotatable bonds is 8. The van der Waals surface area contributed by atoms with Crippen LogP contribution >= 0.6 is 0 Å². The second kappa shape index (κ2) is 9.28. The fourth-order valence-electron chi connectivity index (χ4n) is 3.28. The number of nitrogens with zero attached hydrogens (tertiary/aromatic N) is 1. The summed E-state index contributed by atoms with van der Waals surface area (Å²) < 4.78 is 33.5. The van der Waals surface area contributed by atoms with Crippen molar-refractivity contribution in [2.45, 2.75) is 31.1 Å². The Hall–Kier alpha value is -2.58. The Kier molecular flexibility index (Phi) is 6.76. The van der Waals surface area contributed by atoms with Crippen LogP contribution in [0.4, 0.5) is 11.4 Å². The Bertz CT molecular complexity index is 952. The van der Waals surface area contributed by atoms with Crippen molar-refractivity contribution >= 4 is 27.3 Å². The molecule has 1 amide bonds. The van der Waals surface area contributed by atoms with Crippen LogP contribution in [0, 0.1) is 0 Å². The van der Waals surface area contributed by atoms with E-state index in [1.807, 2.05) is 6.92 Å². The Morgan fingerprint density at radius 3 is 2.41 bits per heavy atom. The number of nitrogens with one attached hydrogen (secondary N) is 2. The van der Waals surface area contributed by atoms with Gasteiger partial charge in [0.25, 0.3) is 5.91 Å². The molecule has 0 aliphatic carbocycles. The lowest BCUT2D eigenvalue weighted by atomic mass is 10.1. The molecule has 0 saturated carbocycles. The first kappa shape index (κ1) is 21.1. The predicted molar refractivity (Wildman–Crippen MR) is 114 cm³/mol. The molecule has 3 rings (SSSR count). The summed E-state index contributed by atoms with van der Waals surface area (Å²) >= 11 is 0. The van der Waals surface area contributed by atoms with E-state index in [0.717, 1.165) is 25.9 Å². The molecule has 29 heavy (non-hydrogen) atoms. The van der Waals surface area contributed by atoms with Gasteiger partial charge in [-0.3, -0.25) is 4.79 Å². The van der Waals surface area contributed by atoms with Gasteiger partial charge in [0.15, 0.2) is 0 Å². The average Bonchev–Trinajstić information content (AvgIpc) is 3.27. The van der Waals surface area contributed by atoms with Crippen molar-refractivity contribution < 1.29 is 17.9 Å². The van der Waals surface area contributed by atoms with Crippen molar-refractivity contribution in [1.82, 2.24) is 4.72 Å². The van der Waals surface area contributed by atoms with Crippen LogP contribution in [-0.4, -0.2) is 41.1 Å². The van der Waals surface area contributed by atoms with Gasteiger partial charge in [0, 0.05) is 30.9 Å². The van der Waals surface area contributed by atoms with Gasteiger partial charge in [0.1, 0.15) is 10.6 Å². The molecule has 7 nitrogen and oxygen atoms in total. The van der Waals surface area contributed by atoms with E-state index in [2.05, 4.69) is 14.9 Å². The van der Waals surface area contributed by atoms with Crippen LogP contribution in [0.1, 0.15) is 36.5 Å². The first-order chi connectivity index (χ1) is 13.9. The fraction of sp³-hybridized carbons (Fsp3) is 0.381. The lowest BCUT2D eigenvalue weighted by Gasteiger charge is -2.22. The number of carbonyl (C=O) groups excluding carboxylic acids is 1. The zero-order chi connectivity index (χ0) is 20.9. The van der Waals surface area contributed by atoms with E-state index in [1.54, 1.807) is 43.5 Å². The minimum atomic E-state index is -3.72. The maximum absolute atomic E-state index is 12.9. The number of amides is 1. The van der Waals surface area contributed by atoms with E-state index in [1.165, 1.54) is 6.07 Å². The van der Waals surface area contributed by atoms with E-state index in [0.29, 0.717) is 35.7 Å². The maximum atomic E-state index is 12.9. The number of sulfonamides is 1. The summed E-state index contributed by atoms with van der Waals surface area (Å²) in [6, 6.07) is 11.8. The fourth-order valence-corrected chi connectivity index (χ4v) is 4.66. The molecule has 1 heterocycles. The largest absolute Gasteiger partial charge is 0.497 e. The summed E-state index contributed by atoms with van der Waals surface area (Å²) in [5, 5.41) is 2.80. The van der Waals surface area contributed by atoms with Crippen LogP contribution in [0.2, 0.25) is 0 Å². The molecule has 0 unspecified atom stereocenters. The minimum Gasteiger partial charge on any atom is -0.497 e. The molecule has 2 aromatic rings. The summed E-state index contributed by atoms with van der Waals surface area (Å²) in [6.07, 6.45) is 2.75. The molecule has 0 aromatic heterocycles.